The molecule has 0 amide bonds. The second-order valence-electron chi connectivity index (χ2n) is 2.81. The molecule has 0 bridgehead atoms. The third-order valence-corrected chi connectivity index (χ3v) is 1.58. The van der Waals surface area contributed by atoms with Crippen LogP contribution in [0.5, 0.6) is 5.75 Å². The Bertz CT molecular complexity index is 452. The lowest BCUT2D eigenvalue weighted by Crippen LogP contribution is -2.16. The van der Waals surface area contributed by atoms with Gasteiger partial charge in [-0.15, -0.1) is 13.2 Å². The summed E-state index contributed by atoms with van der Waals surface area (Å²) in [7, 11) is 1.18. The first kappa shape index (κ1) is 12.9. The van der Waals surface area contributed by atoms with Crippen molar-refractivity contribution in [2.75, 3.05) is 7.11 Å². The maximum Gasteiger partial charge on any atom is 0.573 e. The Morgan fingerprint density at radius 2 is 1.82 bits per heavy atom. The fraction of sp³-hybridized carbons (Fsp3) is 0.182. The minimum Gasteiger partial charge on any atom is -0.459 e. The number of hydrogen-bond donors (Lipinski definition) is 0. The zero-order chi connectivity index (χ0) is 12.9. The van der Waals surface area contributed by atoms with E-state index in [1.165, 1.54) is 19.2 Å². The summed E-state index contributed by atoms with van der Waals surface area (Å²) in [4.78, 5) is 10.7. The van der Waals surface area contributed by atoms with E-state index in [0.717, 1.165) is 12.1 Å². The Labute approximate surface area is 95.1 Å². The van der Waals surface area contributed by atoms with Crippen molar-refractivity contribution in [1.29, 1.82) is 0 Å². The summed E-state index contributed by atoms with van der Waals surface area (Å²) in [5, 5.41) is 0. The number of methoxy groups -OCH3 is 1. The average molecular weight is 244 g/mol. The first-order chi connectivity index (χ1) is 7.90. The van der Waals surface area contributed by atoms with Crippen LogP contribution in [0.4, 0.5) is 13.2 Å². The summed E-state index contributed by atoms with van der Waals surface area (Å²) in [6.45, 7) is 0. The molecule has 0 aliphatic carbocycles. The molecule has 0 aromatic heterocycles. The van der Waals surface area contributed by atoms with Gasteiger partial charge in [-0.1, -0.05) is 5.92 Å². The van der Waals surface area contributed by atoms with E-state index in [0.29, 0.717) is 5.56 Å². The Morgan fingerprint density at radius 3 is 2.29 bits per heavy atom. The zero-order valence-corrected chi connectivity index (χ0v) is 8.67. The van der Waals surface area contributed by atoms with Crippen molar-refractivity contribution >= 4 is 5.97 Å². The van der Waals surface area contributed by atoms with E-state index in [2.05, 4.69) is 21.3 Å². The Morgan fingerprint density at radius 1 is 1.24 bits per heavy atom. The van der Waals surface area contributed by atoms with Crippen molar-refractivity contribution < 1.29 is 27.4 Å². The minimum absolute atomic E-state index is 0.346. The van der Waals surface area contributed by atoms with Gasteiger partial charge < -0.3 is 9.47 Å². The zero-order valence-electron chi connectivity index (χ0n) is 8.67. The van der Waals surface area contributed by atoms with E-state index in [1.54, 1.807) is 0 Å². The molecule has 0 unspecified atom stereocenters. The highest BCUT2D eigenvalue weighted by molar-refractivity contribution is 5.88. The highest BCUT2D eigenvalue weighted by Gasteiger charge is 2.30. The number of ether oxygens (including phenoxy) is 2. The third-order valence-electron chi connectivity index (χ3n) is 1.58. The summed E-state index contributed by atoms with van der Waals surface area (Å²) in [5.74, 6) is 3.50. The summed E-state index contributed by atoms with van der Waals surface area (Å²) in [5.41, 5.74) is 0.380. The maximum absolute atomic E-state index is 11.8. The van der Waals surface area contributed by atoms with E-state index in [9.17, 15) is 18.0 Å². The van der Waals surface area contributed by atoms with E-state index in [-0.39, 0.29) is 5.75 Å². The smallest absolute Gasteiger partial charge is 0.459 e. The van der Waals surface area contributed by atoms with Crippen molar-refractivity contribution in [3.05, 3.63) is 29.8 Å². The molecule has 90 valence electrons. The standard InChI is InChI=1S/C11H7F3O3/c1-16-10(15)7-4-8-2-5-9(6-3-8)17-11(12,13)14/h2-3,5-6H,1H3. The van der Waals surface area contributed by atoms with Crippen molar-refractivity contribution in [2.45, 2.75) is 6.36 Å². The lowest BCUT2D eigenvalue weighted by Gasteiger charge is -2.07. The van der Waals surface area contributed by atoms with Gasteiger partial charge in [0.1, 0.15) is 5.75 Å². The van der Waals surface area contributed by atoms with Gasteiger partial charge in [0, 0.05) is 11.5 Å². The minimum atomic E-state index is -4.72. The molecule has 0 radical (unpaired) electrons. The SMILES string of the molecule is COC(=O)C#Cc1ccc(OC(F)(F)F)cc1. The second-order valence-corrected chi connectivity index (χ2v) is 2.81. The van der Waals surface area contributed by atoms with Crippen LogP contribution in [0.25, 0.3) is 0 Å². The van der Waals surface area contributed by atoms with E-state index in [1.807, 2.05) is 0 Å². The average Bonchev–Trinajstić information content (AvgIpc) is 2.25. The fourth-order valence-corrected chi connectivity index (χ4v) is 0.914. The summed E-state index contributed by atoms with van der Waals surface area (Å²) in [6, 6.07) is 4.82. The molecule has 0 aliphatic rings. The van der Waals surface area contributed by atoms with Gasteiger partial charge >= 0.3 is 12.3 Å². The molecule has 1 aromatic rings. The summed E-state index contributed by atoms with van der Waals surface area (Å²) in [6.07, 6.45) is -4.72. The molecule has 1 aromatic carbocycles. The number of alkyl halides is 3. The maximum atomic E-state index is 11.8. The van der Waals surface area contributed by atoms with Crippen LogP contribution < -0.4 is 4.74 Å². The van der Waals surface area contributed by atoms with Gasteiger partial charge in [0.2, 0.25) is 0 Å². The number of carbonyl (C=O) groups is 1. The molecule has 3 nitrogen and oxygen atoms in total. The molecule has 0 heterocycles. The van der Waals surface area contributed by atoms with Gasteiger partial charge in [-0.3, -0.25) is 0 Å². The summed E-state index contributed by atoms with van der Waals surface area (Å²) < 4.78 is 43.4. The van der Waals surface area contributed by atoms with Crippen LogP contribution >= 0.6 is 0 Å². The predicted molar refractivity (Wildman–Crippen MR) is 52.0 cm³/mol. The molecule has 0 atom stereocenters. The van der Waals surface area contributed by atoms with Crippen LogP contribution in [-0.4, -0.2) is 19.4 Å². The van der Waals surface area contributed by atoms with E-state index >= 15 is 0 Å². The number of rotatable bonds is 1. The van der Waals surface area contributed by atoms with E-state index < -0.39 is 12.3 Å². The normalized spacial score (nSPS) is 10.1. The molecular weight excluding hydrogens is 237 g/mol. The summed E-state index contributed by atoms with van der Waals surface area (Å²) >= 11 is 0. The molecule has 0 fully saturated rings. The molecule has 0 N–H and O–H groups in total. The van der Waals surface area contributed by atoms with Crippen molar-refractivity contribution in [1.82, 2.24) is 0 Å². The topological polar surface area (TPSA) is 35.5 Å². The largest absolute Gasteiger partial charge is 0.573 e. The fourth-order valence-electron chi connectivity index (χ4n) is 0.914. The highest BCUT2D eigenvalue weighted by atomic mass is 19.4. The van der Waals surface area contributed by atoms with Crippen LogP contribution in [0.1, 0.15) is 5.56 Å². The molecule has 0 aliphatic heterocycles. The first-order valence-corrected chi connectivity index (χ1v) is 4.36. The Kier molecular flexibility index (Phi) is 3.99. The van der Waals surface area contributed by atoms with Gasteiger partial charge in [0.25, 0.3) is 0 Å². The molecule has 0 spiro atoms. The predicted octanol–water partition coefficient (Wildman–Crippen LogP) is 2.11. The van der Waals surface area contributed by atoms with Crippen molar-refractivity contribution in [3.8, 4) is 17.6 Å². The van der Waals surface area contributed by atoms with Gasteiger partial charge in [-0.25, -0.2) is 4.79 Å². The second kappa shape index (κ2) is 5.25. The molecule has 0 saturated carbocycles. The van der Waals surface area contributed by atoms with Crippen LogP contribution in [-0.2, 0) is 9.53 Å². The molecule has 0 saturated heterocycles. The molecular formula is C11H7F3O3. The van der Waals surface area contributed by atoms with Crippen LogP contribution in [0.15, 0.2) is 24.3 Å². The Hall–Kier alpha value is -2.16. The first-order valence-electron chi connectivity index (χ1n) is 4.36. The van der Waals surface area contributed by atoms with Gasteiger partial charge in [0.15, 0.2) is 0 Å². The third kappa shape index (κ3) is 4.93. The van der Waals surface area contributed by atoms with Gasteiger partial charge in [-0.05, 0) is 24.3 Å². The molecule has 6 heteroatoms. The monoisotopic (exact) mass is 244 g/mol. The van der Waals surface area contributed by atoms with Gasteiger partial charge in [-0.2, -0.15) is 0 Å². The Balaban J connectivity index is 2.74. The number of benzene rings is 1. The van der Waals surface area contributed by atoms with Gasteiger partial charge in [0.05, 0.1) is 7.11 Å². The van der Waals surface area contributed by atoms with Crippen molar-refractivity contribution in [3.63, 3.8) is 0 Å². The number of carbonyl (C=O) groups excluding carboxylic acids is 1. The van der Waals surface area contributed by atoms with Crippen LogP contribution in [0.2, 0.25) is 0 Å². The van der Waals surface area contributed by atoms with Crippen molar-refractivity contribution in [2.24, 2.45) is 0 Å². The lowest BCUT2D eigenvalue weighted by molar-refractivity contribution is -0.274. The number of hydrogen-bond acceptors (Lipinski definition) is 3. The quantitative estimate of drug-likeness (QED) is 0.560. The number of esters is 1. The molecule has 1 rings (SSSR count). The van der Waals surface area contributed by atoms with Crippen LogP contribution in [0, 0.1) is 11.8 Å². The number of halogens is 3. The van der Waals surface area contributed by atoms with Crippen LogP contribution in [0.3, 0.4) is 0 Å². The lowest BCUT2D eigenvalue weighted by atomic mass is 10.2. The van der Waals surface area contributed by atoms with E-state index in [4.69, 9.17) is 0 Å². The highest BCUT2D eigenvalue weighted by Crippen LogP contribution is 2.22. The molecule has 17 heavy (non-hydrogen) atoms.